The van der Waals surface area contributed by atoms with E-state index in [0.717, 1.165) is 0 Å². The number of carboxylic acids is 1. The number of unbranched alkanes of at least 4 members (excludes halogenated alkanes) is 1. The Morgan fingerprint density at radius 2 is 1.47 bits per heavy atom. The van der Waals surface area contributed by atoms with E-state index in [1.165, 1.54) is 24.3 Å². The van der Waals surface area contributed by atoms with Gasteiger partial charge >= 0.3 is 5.97 Å². The van der Waals surface area contributed by atoms with Gasteiger partial charge in [0.25, 0.3) is 0 Å². The lowest BCUT2D eigenvalue weighted by molar-refractivity contribution is -0.141. The van der Waals surface area contributed by atoms with Crippen molar-refractivity contribution in [1.29, 1.82) is 0 Å². The van der Waals surface area contributed by atoms with Gasteiger partial charge in [-0.2, -0.15) is 0 Å². The standard InChI is InChI=1S/C38H49FN12O8/c39-24-11-13-25(14-12-24)44-31(52)16-15-26-22-51(50-49-26)18-5-4-9-28-35(57)46-27(10-6-17-42-38(40)41)34(56)43-21-32(53)45-30(20-33(54)55)37(59)48-29(36(58)47-28)19-23-7-2-1-3-8-23/h1-3,7-8,11-14,22,27-30H,4-6,9-10,15-21H2,(H,43,56)(H,44,52)(H,45,53)(H,46,57)(H,47,58)(H,48,59)(H,54,55)(H4,40,41,42)/t27-,28-,29+,30-/m0/s1. The summed E-state index contributed by atoms with van der Waals surface area (Å²) in [6.07, 6.45) is 2.42. The molecule has 3 aromatic rings. The van der Waals surface area contributed by atoms with E-state index in [2.05, 4.69) is 47.2 Å². The van der Waals surface area contributed by atoms with Gasteiger partial charge in [-0.15, -0.1) is 5.10 Å². The molecular formula is C38H49FN12O8. The molecule has 1 aliphatic rings. The van der Waals surface area contributed by atoms with Gasteiger partial charge in [0.05, 0.1) is 18.7 Å². The van der Waals surface area contributed by atoms with Crippen LogP contribution in [0.25, 0.3) is 0 Å². The minimum Gasteiger partial charge on any atom is -0.481 e. The van der Waals surface area contributed by atoms with E-state index in [-0.39, 0.29) is 50.5 Å². The molecule has 11 N–H and O–H groups in total. The van der Waals surface area contributed by atoms with Crippen LogP contribution in [-0.2, 0) is 52.9 Å². The average Bonchev–Trinajstić information content (AvgIpc) is 3.66. The van der Waals surface area contributed by atoms with Gasteiger partial charge in [-0.1, -0.05) is 35.5 Å². The number of anilines is 1. The molecule has 0 spiro atoms. The SMILES string of the molecule is NC(N)=NCCC[C@@H]1NC(=O)[C@H](CCCCn2cc(CCC(=O)Nc3ccc(F)cc3)nn2)NC(=O)[C@@H](Cc2ccccc2)NC(=O)[C@H](CC(=O)O)NC(=O)CNC1=O. The summed E-state index contributed by atoms with van der Waals surface area (Å²) in [7, 11) is 0. The van der Waals surface area contributed by atoms with Gasteiger partial charge in [0.2, 0.25) is 35.4 Å². The van der Waals surface area contributed by atoms with Crippen molar-refractivity contribution in [1.82, 2.24) is 41.6 Å². The van der Waals surface area contributed by atoms with Gasteiger partial charge in [-0.25, -0.2) is 4.39 Å². The van der Waals surface area contributed by atoms with Crippen LogP contribution < -0.4 is 43.4 Å². The third-order valence-electron chi connectivity index (χ3n) is 9.03. The van der Waals surface area contributed by atoms with E-state index in [1.54, 1.807) is 41.2 Å². The van der Waals surface area contributed by atoms with E-state index in [0.29, 0.717) is 42.8 Å². The second-order valence-corrected chi connectivity index (χ2v) is 13.8. The smallest absolute Gasteiger partial charge is 0.305 e. The zero-order valence-electron chi connectivity index (χ0n) is 32.2. The van der Waals surface area contributed by atoms with Crippen LogP contribution in [-0.4, -0.2) is 105 Å². The minimum absolute atomic E-state index is 0.0392. The number of benzene rings is 2. The van der Waals surface area contributed by atoms with Gasteiger partial charge in [-0.3, -0.25) is 43.2 Å². The molecule has 21 heteroatoms. The number of aryl methyl sites for hydroxylation is 2. The molecule has 0 radical (unpaired) electrons. The first-order valence-corrected chi connectivity index (χ1v) is 19.0. The Morgan fingerprint density at radius 1 is 0.831 bits per heavy atom. The Morgan fingerprint density at radius 3 is 2.17 bits per heavy atom. The molecule has 59 heavy (non-hydrogen) atoms. The third-order valence-corrected chi connectivity index (χ3v) is 9.03. The molecule has 20 nitrogen and oxygen atoms in total. The fourth-order valence-electron chi connectivity index (χ4n) is 6.02. The largest absolute Gasteiger partial charge is 0.481 e. The van der Waals surface area contributed by atoms with E-state index < -0.39 is 78.5 Å². The van der Waals surface area contributed by atoms with E-state index in [4.69, 9.17) is 11.5 Å². The number of rotatable bonds is 17. The van der Waals surface area contributed by atoms with Crippen molar-refractivity contribution in [2.45, 2.75) is 88.5 Å². The summed E-state index contributed by atoms with van der Waals surface area (Å²) < 4.78 is 14.7. The molecule has 1 saturated heterocycles. The van der Waals surface area contributed by atoms with Crippen molar-refractivity contribution in [2.75, 3.05) is 18.4 Å². The van der Waals surface area contributed by atoms with Crippen molar-refractivity contribution in [3.05, 3.63) is 77.9 Å². The maximum absolute atomic E-state index is 14.0. The van der Waals surface area contributed by atoms with Crippen molar-refractivity contribution in [2.24, 2.45) is 16.5 Å². The molecule has 4 rings (SSSR count). The fourth-order valence-corrected chi connectivity index (χ4v) is 6.02. The number of nitrogens with zero attached hydrogens (tertiary/aromatic N) is 4. The summed E-state index contributed by atoms with van der Waals surface area (Å²) in [4.78, 5) is 95.4. The number of aliphatic imine (C=N–C) groups is 1. The number of hydrogen-bond acceptors (Lipinski definition) is 10. The van der Waals surface area contributed by atoms with Crippen molar-refractivity contribution in [3.63, 3.8) is 0 Å². The number of aromatic nitrogens is 3. The number of aliphatic carboxylic acids is 1. The van der Waals surface area contributed by atoms with E-state index >= 15 is 0 Å². The second-order valence-electron chi connectivity index (χ2n) is 13.8. The first kappa shape index (κ1) is 44.8. The Bertz CT molecular complexity index is 1960. The summed E-state index contributed by atoms with van der Waals surface area (Å²) >= 11 is 0. The van der Waals surface area contributed by atoms with Crippen molar-refractivity contribution in [3.8, 4) is 0 Å². The number of carboxylic acid groups (broad SMARTS) is 1. The molecule has 316 valence electrons. The van der Waals surface area contributed by atoms with E-state index in [9.17, 15) is 43.1 Å². The molecule has 0 aliphatic carbocycles. The van der Waals surface area contributed by atoms with Crippen LogP contribution in [0.5, 0.6) is 0 Å². The zero-order valence-corrected chi connectivity index (χ0v) is 32.2. The average molecular weight is 821 g/mol. The van der Waals surface area contributed by atoms with Crippen LogP contribution in [0.2, 0.25) is 0 Å². The predicted octanol–water partition coefficient (Wildman–Crippen LogP) is -1.00. The topological polar surface area (TPSA) is 307 Å². The molecule has 2 aromatic carbocycles. The van der Waals surface area contributed by atoms with Crippen LogP contribution in [0.4, 0.5) is 10.1 Å². The van der Waals surface area contributed by atoms with Crippen LogP contribution in [0.15, 0.2) is 65.8 Å². The maximum Gasteiger partial charge on any atom is 0.305 e. The van der Waals surface area contributed by atoms with Crippen LogP contribution >= 0.6 is 0 Å². The highest BCUT2D eigenvalue weighted by Gasteiger charge is 2.33. The summed E-state index contributed by atoms with van der Waals surface area (Å²) in [6, 6.07) is 8.74. The van der Waals surface area contributed by atoms with Crippen LogP contribution in [0, 0.1) is 5.82 Å². The third kappa shape index (κ3) is 15.9. The zero-order chi connectivity index (χ0) is 42.7. The van der Waals surface area contributed by atoms with Gasteiger partial charge in [0, 0.05) is 44.2 Å². The molecule has 6 amide bonds. The number of carbonyl (C=O) groups excluding carboxylic acids is 6. The summed E-state index contributed by atoms with van der Waals surface area (Å²) in [5, 5.41) is 33.1. The molecule has 0 saturated carbocycles. The number of amides is 6. The number of halogens is 1. The lowest BCUT2D eigenvalue weighted by Gasteiger charge is -2.26. The Kier molecular flexibility index (Phi) is 17.2. The highest BCUT2D eigenvalue weighted by molar-refractivity contribution is 5.98. The first-order valence-electron chi connectivity index (χ1n) is 19.0. The molecule has 0 bridgehead atoms. The molecular weight excluding hydrogens is 771 g/mol. The highest BCUT2D eigenvalue weighted by atomic mass is 19.1. The van der Waals surface area contributed by atoms with Gasteiger partial charge in [0.1, 0.15) is 30.0 Å². The van der Waals surface area contributed by atoms with Crippen molar-refractivity contribution < 1.29 is 43.1 Å². The predicted molar refractivity (Wildman–Crippen MR) is 210 cm³/mol. The second kappa shape index (κ2) is 22.7. The Balaban J connectivity index is 1.49. The van der Waals surface area contributed by atoms with Crippen LogP contribution in [0.3, 0.4) is 0 Å². The maximum atomic E-state index is 14.0. The normalized spacial score (nSPS) is 19.1. The lowest BCUT2D eigenvalue weighted by Crippen LogP contribution is -2.58. The van der Waals surface area contributed by atoms with Gasteiger partial charge < -0.3 is 48.5 Å². The van der Waals surface area contributed by atoms with Crippen LogP contribution in [0.1, 0.15) is 56.2 Å². The quantitative estimate of drug-likeness (QED) is 0.0450. The summed E-state index contributed by atoms with van der Waals surface area (Å²) in [5.41, 5.74) is 12.5. The molecule has 2 heterocycles. The molecule has 4 atom stereocenters. The monoisotopic (exact) mass is 820 g/mol. The molecule has 1 aromatic heterocycles. The fraction of sp³-hybridized carbons (Fsp3) is 0.421. The van der Waals surface area contributed by atoms with Gasteiger partial charge in [0.15, 0.2) is 5.96 Å². The molecule has 1 aliphatic heterocycles. The number of nitrogens with one attached hydrogen (secondary N) is 6. The van der Waals surface area contributed by atoms with E-state index in [1.807, 2.05) is 0 Å². The van der Waals surface area contributed by atoms with Gasteiger partial charge in [-0.05, 0) is 61.9 Å². The number of nitrogens with two attached hydrogens (primary N) is 2. The Hall–Kier alpha value is -6.93. The number of hydrogen-bond donors (Lipinski definition) is 9. The minimum atomic E-state index is -1.60. The molecule has 1 fully saturated rings. The first-order chi connectivity index (χ1) is 28.2. The highest BCUT2D eigenvalue weighted by Crippen LogP contribution is 2.12. The lowest BCUT2D eigenvalue weighted by atomic mass is 10.0. The Labute approximate surface area is 338 Å². The number of carbonyl (C=O) groups is 7. The van der Waals surface area contributed by atoms with Crippen molar-refractivity contribution >= 4 is 53.1 Å². The summed E-state index contributed by atoms with van der Waals surface area (Å²) in [5.74, 6) is -6.35. The number of guanidine groups is 1. The summed E-state index contributed by atoms with van der Waals surface area (Å²) in [6.45, 7) is -0.156. The molecule has 0 unspecified atom stereocenters.